The quantitative estimate of drug-likeness (QED) is 0.449. The maximum Gasteiger partial charge on any atom is 0.186 e. The van der Waals surface area contributed by atoms with Crippen LogP contribution in [0.2, 0.25) is 0 Å². The van der Waals surface area contributed by atoms with Crippen molar-refractivity contribution in [2.75, 3.05) is 0 Å². The maximum atomic E-state index is 5.47. The third-order valence-corrected chi connectivity index (χ3v) is 1.09. The Morgan fingerprint density at radius 3 is 1.88 bits per heavy atom. The largest absolute Gasteiger partial charge is 0.446 e. The molecule has 0 aromatic rings. The van der Waals surface area contributed by atoms with Crippen molar-refractivity contribution >= 4 is 11.6 Å². The molecule has 0 aromatic carbocycles. The van der Waals surface area contributed by atoms with Crippen LogP contribution in [0.25, 0.3) is 0 Å². The molecule has 0 aliphatic heterocycles. The summed E-state index contributed by atoms with van der Waals surface area (Å²) in [6, 6.07) is 0. The normalized spacial score (nSPS) is 10.3. The second-order valence-corrected chi connectivity index (χ2v) is 2.47. The lowest BCUT2D eigenvalue weighted by Crippen LogP contribution is -1.82. The van der Waals surface area contributed by atoms with Crippen LogP contribution in [-0.4, -0.2) is 0 Å². The topological polar surface area (TPSA) is 9.23 Å². The van der Waals surface area contributed by atoms with Crippen LogP contribution < -0.4 is 0 Å². The molecule has 0 heterocycles. The van der Waals surface area contributed by atoms with Crippen LogP contribution in [0.4, 0.5) is 0 Å². The first-order chi connectivity index (χ1) is 7.70. The van der Waals surface area contributed by atoms with Crippen molar-refractivity contribution in [2.24, 2.45) is 0 Å². The van der Waals surface area contributed by atoms with E-state index in [4.69, 9.17) is 16.3 Å². The van der Waals surface area contributed by atoms with Crippen LogP contribution >= 0.6 is 11.6 Å². The van der Waals surface area contributed by atoms with Gasteiger partial charge in [-0.3, -0.25) is 0 Å². The Balaban J connectivity index is -0.000000376. The minimum atomic E-state index is 0.170. The fraction of sp³-hybridized carbons (Fsp3) is 0.429. The molecule has 1 nitrogen and oxygen atoms in total. The highest BCUT2D eigenvalue weighted by atomic mass is 35.5. The van der Waals surface area contributed by atoms with E-state index in [1.54, 1.807) is 0 Å². The van der Waals surface area contributed by atoms with Crippen LogP contribution in [0.15, 0.2) is 47.9 Å². The zero-order valence-corrected chi connectivity index (χ0v) is 12.1. The molecular weight excluding hydrogens is 220 g/mol. The molecule has 0 fully saturated rings. The van der Waals surface area contributed by atoms with Gasteiger partial charge in [0, 0.05) is 0 Å². The van der Waals surface area contributed by atoms with E-state index in [1.807, 2.05) is 71.9 Å². The molecule has 0 amide bonds. The van der Waals surface area contributed by atoms with Crippen molar-refractivity contribution in [3.8, 4) is 0 Å². The number of rotatable bonds is 4. The third kappa shape index (κ3) is 18.8. The summed E-state index contributed by atoms with van der Waals surface area (Å²) in [5.74, 6) is 0.676. The van der Waals surface area contributed by atoms with Crippen LogP contribution in [0.1, 0.15) is 41.5 Å². The molecule has 16 heavy (non-hydrogen) atoms. The lowest BCUT2D eigenvalue weighted by Gasteiger charge is -2.01. The summed E-state index contributed by atoms with van der Waals surface area (Å²) in [7, 11) is 0. The summed E-state index contributed by atoms with van der Waals surface area (Å²) in [6.07, 6.45) is 9.27. The van der Waals surface area contributed by atoms with Crippen LogP contribution in [0.3, 0.4) is 0 Å². The van der Waals surface area contributed by atoms with Crippen molar-refractivity contribution in [3.63, 3.8) is 0 Å². The van der Waals surface area contributed by atoms with Crippen molar-refractivity contribution in [2.45, 2.75) is 41.5 Å². The molecule has 0 atom stereocenters. The molecule has 0 unspecified atom stereocenters. The van der Waals surface area contributed by atoms with Crippen LogP contribution in [0, 0.1) is 0 Å². The molecule has 0 N–H and O–H groups in total. The monoisotopic (exact) mass is 244 g/mol. The van der Waals surface area contributed by atoms with E-state index in [1.165, 1.54) is 0 Å². The van der Waals surface area contributed by atoms with Gasteiger partial charge in [0.2, 0.25) is 0 Å². The predicted molar refractivity (Wildman–Crippen MR) is 76.5 cm³/mol. The van der Waals surface area contributed by atoms with E-state index in [0.29, 0.717) is 5.76 Å². The first-order valence-corrected chi connectivity index (χ1v) is 6.06. The number of allylic oxidation sites excluding steroid dienone is 5. The predicted octanol–water partition coefficient (Wildman–Crippen LogP) is 5.80. The Morgan fingerprint density at radius 1 is 1.06 bits per heavy atom. The van der Waals surface area contributed by atoms with Crippen molar-refractivity contribution in [1.82, 2.24) is 0 Å². The average Bonchev–Trinajstić information content (AvgIpc) is 2.31. The van der Waals surface area contributed by atoms with Gasteiger partial charge in [-0.25, -0.2) is 0 Å². The molecule has 0 radical (unpaired) electrons. The van der Waals surface area contributed by atoms with Gasteiger partial charge >= 0.3 is 0 Å². The fourth-order valence-electron chi connectivity index (χ4n) is 0.607. The van der Waals surface area contributed by atoms with Gasteiger partial charge < -0.3 is 4.74 Å². The standard InChI is InChI=1S/C10H13ClO.2C2H6/c1-4-6-8-10(7-5-2)12-9(3)11;2*1-2/h4-8H,3H2,1-2H3;2*1-2H3/b6-4-,7-5-,10-8+;;. The Labute approximate surface area is 106 Å². The molecule has 0 aromatic heterocycles. The molecule has 0 rings (SSSR count). The van der Waals surface area contributed by atoms with Gasteiger partial charge in [0.05, 0.1) is 0 Å². The molecular formula is C14H25ClO. The zero-order chi connectivity index (χ0) is 13.4. The van der Waals surface area contributed by atoms with Gasteiger partial charge in [-0.1, -0.05) is 45.9 Å². The summed E-state index contributed by atoms with van der Waals surface area (Å²) in [4.78, 5) is 0. The van der Waals surface area contributed by atoms with Crippen molar-refractivity contribution in [1.29, 1.82) is 0 Å². The average molecular weight is 245 g/mol. The van der Waals surface area contributed by atoms with Gasteiger partial charge in [0.25, 0.3) is 0 Å². The second-order valence-electron chi connectivity index (χ2n) is 2.05. The number of hydrogen-bond acceptors (Lipinski definition) is 1. The van der Waals surface area contributed by atoms with Gasteiger partial charge in [-0.2, -0.15) is 0 Å². The van der Waals surface area contributed by atoms with Crippen LogP contribution in [0.5, 0.6) is 0 Å². The van der Waals surface area contributed by atoms with E-state index in [9.17, 15) is 0 Å². The lowest BCUT2D eigenvalue weighted by atomic mass is 10.4. The van der Waals surface area contributed by atoms with E-state index >= 15 is 0 Å². The van der Waals surface area contributed by atoms with Gasteiger partial charge in [-0.05, 0) is 44.2 Å². The number of hydrogen-bond donors (Lipinski definition) is 0. The van der Waals surface area contributed by atoms with E-state index in [0.717, 1.165) is 0 Å². The molecule has 0 aliphatic carbocycles. The van der Waals surface area contributed by atoms with Crippen LogP contribution in [-0.2, 0) is 4.74 Å². The van der Waals surface area contributed by atoms with Crippen molar-refractivity contribution < 1.29 is 4.74 Å². The molecule has 0 spiro atoms. The summed E-state index contributed by atoms with van der Waals surface area (Å²) >= 11 is 5.47. The summed E-state index contributed by atoms with van der Waals surface area (Å²) in [6.45, 7) is 15.3. The minimum absolute atomic E-state index is 0.170. The zero-order valence-electron chi connectivity index (χ0n) is 11.4. The molecule has 94 valence electrons. The number of ether oxygens (including phenoxy) is 1. The van der Waals surface area contributed by atoms with Gasteiger partial charge in [-0.15, -0.1) is 0 Å². The first-order valence-electron chi connectivity index (χ1n) is 5.68. The number of halogens is 1. The van der Waals surface area contributed by atoms with Crippen molar-refractivity contribution in [3.05, 3.63) is 47.9 Å². The van der Waals surface area contributed by atoms with Gasteiger partial charge in [0.1, 0.15) is 5.76 Å². The molecule has 0 aliphatic rings. The molecule has 0 bridgehead atoms. The minimum Gasteiger partial charge on any atom is -0.446 e. The fourth-order valence-corrected chi connectivity index (χ4v) is 0.696. The van der Waals surface area contributed by atoms with E-state index in [-0.39, 0.29) is 5.22 Å². The molecule has 0 saturated heterocycles. The Morgan fingerprint density at radius 2 is 1.56 bits per heavy atom. The Hall–Kier alpha value is -0.950. The third-order valence-electron chi connectivity index (χ3n) is 1.01. The smallest absolute Gasteiger partial charge is 0.186 e. The summed E-state index contributed by atoms with van der Waals surface area (Å²) in [5, 5.41) is 0.170. The highest BCUT2D eigenvalue weighted by molar-refractivity contribution is 6.28. The summed E-state index contributed by atoms with van der Waals surface area (Å²) in [5.41, 5.74) is 0. The van der Waals surface area contributed by atoms with E-state index in [2.05, 4.69) is 6.58 Å². The lowest BCUT2D eigenvalue weighted by molar-refractivity contribution is 0.353. The Bertz CT molecular complexity index is 225. The second kappa shape index (κ2) is 19.6. The van der Waals surface area contributed by atoms with E-state index < -0.39 is 0 Å². The maximum absolute atomic E-state index is 5.47. The highest BCUT2D eigenvalue weighted by Crippen LogP contribution is 2.09. The highest BCUT2D eigenvalue weighted by Gasteiger charge is 1.91. The first kappa shape index (κ1) is 20.5. The summed E-state index contributed by atoms with van der Waals surface area (Å²) < 4.78 is 5.09. The SMILES string of the molecule is C=C(Cl)OC(/C=C\C)=C/C=C\C.CC.CC. The molecule has 2 heteroatoms. The van der Waals surface area contributed by atoms with Gasteiger partial charge in [0.15, 0.2) is 5.22 Å². The Kier molecular flexibility index (Phi) is 25.1. The molecule has 0 saturated carbocycles.